The van der Waals surface area contributed by atoms with Crippen LogP contribution in [0.15, 0.2) is 59.8 Å². The van der Waals surface area contributed by atoms with Gasteiger partial charge in [-0.3, -0.25) is 9.59 Å². The summed E-state index contributed by atoms with van der Waals surface area (Å²) in [7, 11) is 0. The number of allylic oxidation sites excluding steroid dienone is 4. The fourth-order valence-electron chi connectivity index (χ4n) is 8.40. The first-order valence-corrected chi connectivity index (χ1v) is 20.3. The maximum atomic E-state index is 13.2. The highest BCUT2D eigenvalue weighted by Crippen LogP contribution is 2.49. The Bertz CT molecular complexity index is 1660. The quantitative estimate of drug-likeness (QED) is 0.0948. The van der Waals surface area contributed by atoms with E-state index in [4.69, 9.17) is 33.2 Å². The van der Waals surface area contributed by atoms with Gasteiger partial charge in [-0.25, -0.2) is 9.59 Å². The van der Waals surface area contributed by atoms with E-state index >= 15 is 0 Å². The van der Waals surface area contributed by atoms with Crippen molar-refractivity contribution in [2.24, 2.45) is 11.3 Å². The number of aliphatic hydroxyl groups is 4. The van der Waals surface area contributed by atoms with Gasteiger partial charge in [-0.05, 0) is 26.2 Å². The first-order valence-electron chi connectivity index (χ1n) is 20.3. The first-order chi connectivity index (χ1) is 27.4. The summed E-state index contributed by atoms with van der Waals surface area (Å²) < 4.78 is 41.9. The lowest BCUT2D eigenvalue weighted by Gasteiger charge is -2.53. The van der Waals surface area contributed by atoms with Gasteiger partial charge in [0.15, 0.2) is 18.0 Å². The van der Waals surface area contributed by atoms with Gasteiger partial charge in [0.2, 0.25) is 5.79 Å². The fraction of sp³-hybridized carbons (Fsp3) is 0.674. The number of fused-ring (bicyclic) bond motifs is 8. The average molecular weight is 817 g/mol. The van der Waals surface area contributed by atoms with Crippen LogP contribution in [-0.4, -0.2) is 117 Å². The Morgan fingerprint density at radius 2 is 1.74 bits per heavy atom. The molecule has 58 heavy (non-hydrogen) atoms. The molecule has 0 spiro atoms. The summed E-state index contributed by atoms with van der Waals surface area (Å²) in [5, 5.41) is 46.3. The molecule has 5 heterocycles. The normalized spacial score (nSPS) is 39.1. The number of ether oxygens (including phenoxy) is 7. The molecule has 5 aliphatic rings. The third-order valence-corrected chi connectivity index (χ3v) is 11.8. The molecule has 15 heteroatoms. The minimum atomic E-state index is -2.31. The van der Waals surface area contributed by atoms with E-state index in [1.165, 1.54) is 19.1 Å². The number of esters is 4. The number of hydrogen-bond acceptors (Lipinski definition) is 15. The molecule has 0 saturated carbocycles. The van der Waals surface area contributed by atoms with Crippen molar-refractivity contribution in [3.05, 3.63) is 59.8 Å². The lowest BCUT2D eigenvalue weighted by Crippen LogP contribution is -2.62. The number of hydrogen-bond donors (Lipinski definition) is 4. The van der Waals surface area contributed by atoms with E-state index in [1.807, 2.05) is 26.0 Å². The maximum absolute atomic E-state index is 13.2. The van der Waals surface area contributed by atoms with Gasteiger partial charge >= 0.3 is 23.9 Å². The van der Waals surface area contributed by atoms with Crippen molar-refractivity contribution < 1.29 is 72.8 Å². The maximum Gasteiger partial charge on any atom is 0.331 e. The van der Waals surface area contributed by atoms with Crippen LogP contribution in [-0.2, 0) is 52.3 Å². The van der Waals surface area contributed by atoms with Gasteiger partial charge in [-0.2, -0.15) is 0 Å². The van der Waals surface area contributed by atoms with E-state index in [0.29, 0.717) is 12.8 Å². The summed E-state index contributed by atoms with van der Waals surface area (Å²) in [5.41, 5.74) is 0.0290. The Morgan fingerprint density at radius 1 is 0.983 bits per heavy atom. The number of rotatable bonds is 7. The summed E-state index contributed by atoms with van der Waals surface area (Å²) >= 11 is 0. The number of carbonyl (C=O) groups is 4. The van der Waals surface area contributed by atoms with Crippen molar-refractivity contribution in [3.63, 3.8) is 0 Å². The largest absolute Gasteiger partial charge is 0.462 e. The van der Waals surface area contributed by atoms with Crippen LogP contribution in [0.1, 0.15) is 99.3 Å². The highest BCUT2D eigenvalue weighted by molar-refractivity contribution is 5.87. The first kappa shape index (κ1) is 45.4. The van der Waals surface area contributed by atoms with E-state index in [9.17, 15) is 39.6 Å². The standard InChI is InChI=1S/C43H60O15/c1-7-9-10-11-12-13-36(47)56-40-33-22-38(49)55-39(33)34-20-32(24-44)54-37(48)19-28(46)18-30-21-35(52-26(4)45)41(5,6)42(50,57-30)23-31-17-27(8-2)16-29(53-31)15-14-25(3)43(40,51)58-34/h8,10-15,22,25,28-32,34-35,39-40,44,46,50-51H,7,9,16-21,23-24H2,1-6H3/t25?,28-,29+,30-,31+,32-,34-,35+,39-,40+,42+,43+/m1/s1. The summed E-state index contributed by atoms with van der Waals surface area (Å²) in [6, 6.07) is 0. The Morgan fingerprint density at radius 3 is 2.43 bits per heavy atom. The van der Waals surface area contributed by atoms with Gasteiger partial charge in [0, 0.05) is 56.3 Å². The molecule has 4 N–H and O–H groups in total. The number of unbranched alkanes of at least 4 members (excludes halogenated alkanes) is 1. The van der Waals surface area contributed by atoms with Gasteiger partial charge < -0.3 is 53.6 Å². The van der Waals surface area contributed by atoms with Crippen LogP contribution in [0.3, 0.4) is 0 Å². The van der Waals surface area contributed by atoms with Crippen molar-refractivity contribution in [3.8, 4) is 0 Å². The van der Waals surface area contributed by atoms with Crippen LogP contribution in [0.5, 0.6) is 0 Å². The van der Waals surface area contributed by atoms with Gasteiger partial charge in [0.1, 0.15) is 18.3 Å². The average Bonchev–Trinajstić information content (AvgIpc) is 3.54. The minimum Gasteiger partial charge on any atom is -0.462 e. The van der Waals surface area contributed by atoms with Crippen molar-refractivity contribution in [2.45, 2.75) is 166 Å². The van der Waals surface area contributed by atoms with Crippen LogP contribution in [0.4, 0.5) is 0 Å². The van der Waals surface area contributed by atoms with Crippen LogP contribution in [0.2, 0.25) is 0 Å². The predicted molar refractivity (Wildman–Crippen MR) is 206 cm³/mol. The monoisotopic (exact) mass is 816 g/mol. The van der Waals surface area contributed by atoms with E-state index in [0.717, 1.165) is 24.5 Å². The zero-order valence-corrected chi connectivity index (χ0v) is 34.2. The lowest BCUT2D eigenvalue weighted by atomic mass is 9.70. The second kappa shape index (κ2) is 19.1. The molecule has 0 aliphatic carbocycles. The molecule has 322 valence electrons. The molecule has 5 rings (SSSR count). The zero-order valence-electron chi connectivity index (χ0n) is 34.2. The summed E-state index contributed by atoms with van der Waals surface area (Å²) in [6.07, 6.45) is 5.44. The fourth-order valence-corrected chi connectivity index (χ4v) is 8.40. The predicted octanol–water partition coefficient (Wildman–Crippen LogP) is 3.71. The molecule has 0 aromatic rings. The van der Waals surface area contributed by atoms with E-state index < -0.39 is 115 Å². The van der Waals surface area contributed by atoms with Gasteiger partial charge in [0.05, 0.1) is 42.9 Å². The molecule has 3 fully saturated rings. The summed E-state index contributed by atoms with van der Waals surface area (Å²) in [4.78, 5) is 51.4. The smallest absolute Gasteiger partial charge is 0.331 e. The second-order valence-corrected chi connectivity index (χ2v) is 16.5. The number of carbonyl (C=O) groups excluding carboxylic acids is 4. The molecule has 15 nitrogen and oxygen atoms in total. The molecule has 12 atom stereocenters. The van der Waals surface area contributed by atoms with Crippen molar-refractivity contribution in [1.82, 2.24) is 0 Å². The summed E-state index contributed by atoms with van der Waals surface area (Å²) in [5.74, 6) is -8.17. The molecule has 3 saturated heterocycles. The van der Waals surface area contributed by atoms with Crippen LogP contribution in [0, 0.1) is 11.3 Å². The van der Waals surface area contributed by atoms with Crippen molar-refractivity contribution >= 4 is 23.9 Å². The van der Waals surface area contributed by atoms with Crippen LogP contribution >= 0.6 is 0 Å². The Hall–Kier alpha value is -3.70. The number of aliphatic hydroxyl groups excluding tert-OH is 2. The van der Waals surface area contributed by atoms with Crippen LogP contribution in [0.25, 0.3) is 0 Å². The van der Waals surface area contributed by atoms with Crippen LogP contribution < -0.4 is 0 Å². The molecule has 0 aromatic carbocycles. The van der Waals surface area contributed by atoms with Crippen molar-refractivity contribution in [1.29, 1.82) is 0 Å². The Labute approximate surface area is 339 Å². The third kappa shape index (κ3) is 10.5. The highest BCUT2D eigenvalue weighted by Gasteiger charge is 2.60. The minimum absolute atomic E-state index is 0.0424. The Kier molecular flexibility index (Phi) is 15.0. The van der Waals surface area contributed by atoms with E-state index in [2.05, 4.69) is 0 Å². The SMILES string of the molecule is CC=C1C[C@H]2C[C@]3(O)O[C@H](C[C@@H](O)CC(=O)O[C@@H](CO)C[C@H]4O[C@@](O)(C(C)C=C[C@@H](C1)O2)[C@@H](OC(=O)C=CC=CCCC)C1=CC(=O)O[C@H]14)C[C@H](OC(C)=O)C3(C)C. The second-order valence-electron chi connectivity index (χ2n) is 16.5. The molecule has 5 aliphatic heterocycles. The van der Waals surface area contributed by atoms with Gasteiger partial charge in [0.25, 0.3) is 0 Å². The van der Waals surface area contributed by atoms with Crippen molar-refractivity contribution in [2.75, 3.05) is 6.61 Å². The van der Waals surface area contributed by atoms with Gasteiger partial charge in [-0.1, -0.05) is 76.1 Å². The lowest BCUT2D eigenvalue weighted by molar-refractivity contribution is -0.348. The van der Waals surface area contributed by atoms with E-state index in [1.54, 1.807) is 39.0 Å². The highest BCUT2D eigenvalue weighted by atomic mass is 16.7. The van der Waals surface area contributed by atoms with Gasteiger partial charge in [-0.15, -0.1) is 0 Å². The van der Waals surface area contributed by atoms with E-state index in [-0.39, 0.29) is 31.3 Å². The molecular weight excluding hydrogens is 756 g/mol. The molecule has 1 unspecified atom stereocenters. The zero-order chi connectivity index (χ0) is 42.4. The molecule has 6 bridgehead atoms. The summed E-state index contributed by atoms with van der Waals surface area (Å²) in [6.45, 7) is 9.63. The number of cyclic esters (lactones) is 1. The third-order valence-electron chi connectivity index (χ3n) is 11.8. The Balaban J connectivity index is 1.53. The molecule has 0 amide bonds. The topological polar surface area (TPSA) is 214 Å². The molecular formula is C43H60O15. The molecule has 0 aromatic heterocycles. The molecule has 0 radical (unpaired) electrons.